The third kappa shape index (κ3) is 2.71. The lowest BCUT2D eigenvalue weighted by molar-refractivity contribution is 0.248. The van der Waals surface area contributed by atoms with Gasteiger partial charge in [-0.15, -0.1) is 0 Å². The summed E-state index contributed by atoms with van der Waals surface area (Å²) in [5, 5.41) is 0. The van der Waals surface area contributed by atoms with E-state index in [4.69, 9.17) is 0 Å². The highest BCUT2D eigenvalue weighted by atomic mass is 15.2. The van der Waals surface area contributed by atoms with E-state index in [1.165, 1.54) is 36.1 Å². The average molecular weight is 251 g/mol. The van der Waals surface area contributed by atoms with Gasteiger partial charge >= 0.3 is 0 Å². The smallest absolute Gasteiger partial charge is 0.0352 e. The zero-order valence-corrected chi connectivity index (χ0v) is 11.5. The number of rotatable bonds is 3. The van der Waals surface area contributed by atoms with E-state index in [2.05, 4.69) is 66.4 Å². The Bertz CT molecular complexity index is 532. The topological polar surface area (TPSA) is 3.24 Å². The maximum absolute atomic E-state index is 2.62. The van der Waals surface area contributed by atoms with E-state index < -0.39 is 0 Å². The molecule has 0 aromatic heterocycles. The van der Waals surface area contributed by atoms with Crippen LogP contribution in [0.3, 0.4) is 0 Å². The van der Waals surface area contributed by atoms with Crippen LogP contribution in [0.4, 0.5) is 0 Å². The minimum Gasteiger partial charge on any atom is -0.292 e. The Kier molecular flexibility index (Phi) is 3.65. The molecule has 2 aromatic rings. The number of likely N-dealkylation sites (tertiary alicyclic amines) is 1. The van der Waals surface area contributed by atoms with Crippen LogP contribution in [0.2, 0.25) is 0 Å². The molecule has 1 aliphatic heterocycles. The van der Waals surface area contributed by atoms with Crippen molar-refractivity contribution in [2.75, 3.05) is 6.54 Å². The Hall–Kier alpha value is -1.60. The fourth-order valence-electron chi connectivity index (χ4n) is 3.07. The first-order valence-electron chi connectivity index (χ1n) is 7.18. The summed E-state index contributed by atoms with van der Waals surface area (Å²) < 4.78 is 0. The molecule has 1 heteroatoms. The number of nitrogens with zero attached hydrogens (tertiary/aromatic N) is 1. The molecule has 2 aromatic carbocycles. The van der Waals surface area contributed by atoms with Crippen molar-refractivity contribution in [2.24, 2.45) is 0 Å². The van der Waals surface area contributed by atoms with Gasteiger partial charge in [-0.1, -0.05) is 54.6 Å². The van der Waals surface area contributed by atoms with Crippen molar-refractivity contribution in [2.45, 2.75) is 32.4 Å². The lowest BCUT2D eigenvalue weighted by atomic mass is 10.0. The maximum atomic E-state index is 2.62. The molecule has 0 amide bonds. The molecule has 19 heavy (non-hydrogen) atoms. The summed E-state index contributed by atoms with van der Waals surface area (Å²) in [6.07, 6.45) is 2.60. The van der Waals surface area contributed by atoms with Crippen molar-refractivity contribution in [3.63, 3.8) is 0 Å². The summed E-state index contributed by atoms with van der Waals surface area (Å²) in [5.74, 6) is 0. The monoisotopic (exact) mass is 251 g/mol. The molecule has 0 spiro atoms. The van der Waals surface area contributed by atoms with Gasteiger partial charge in [0.1, 0.15) is 0 Å². The van der Waals surface area contributed by atoms with Gasteiger partial charge in [0.05, 0.1) is 0 Å². The van der Waals surface area contributed by atoms with Crippen LogP contribution in [0.25, 0.3) is 0 Å². The second-order valence-corrected chi connectivity index (χ2v) is 5.47. The summed E-state index contributed by atoms with van der Waals surface area (Å²) in [6, 6.07) is 20.3. The molecule has 0 N–H and O–H groups in total. The standard InChI is InChI=1S/C18H21N/c1-15-8-5-6-11-17(15)14-19-13-7-12-18(19)16-9-3-2-4-10-16/h2-6,8-11,18H,7,12-14H2,1H3. The van der Waals surface area contributed by atoms with Crippen molar-refractivity contribution < 1.29 is 0 Å². The Morgan fingerprint density at radius 2 is 1.74 bits per heavy atom. The van der Waals surface area contributed by atoms with Crippen molar-refractivity contribution >= 4 is 0 Å². The van der Waals surface area contributed by atoms with Crippen molar-refractivity contribution in [1.29, 1.82) is 0 Å². The van der Waals surface area contributed by atoms with Gasteiger partial charge in [-0.25, -0.2) is 0 Å². The highest BCUT2D eigenvalue weighted by Gasteiger charge is 2.25. The predicted octanol–water partition coefficient (Wildman–Crippen LogP) is 4.33. The van der Waals surface area contributed by atoms with Gasteiger partial charge in [0, 0.05) is 12.6 Å². The van der Waals surface area contributed by atoms with Crippen LogP contribution in [0.5, 0.6) is 0 Å². The van der Waals surface area contributed by atoms with Gasteiger partial charge in [0.2, 0.25) is 0 Å². The molecule has 1 heterocycles. The van der Waals surface area contributed by atoms with Crippen LogP contribution < -0.4 is 0 Å². The zero-order valence-electron chi connectivity index (χ0n) is 11.5. The summed E-state index contributed by atoms with van der Waals surface area (Å²) in [4.78, 5) is 2.62. The number of aryl methyl sites for hydroxylation is 1. The Labute approximate surface area is 115 Å². The summed E-state index contributed by atoms with van der Waals surface area (Å²) in [7, 11) is 0. The molecule has 0 aliphatic carbocycles. The first-order valence-corrected chi connectivity index (χ1v) is 7.18. The third-order valence-electron chi connectivity index (χ3n) is 4.18. The molecule has 0 bridgehead atoms. The number of benzene rings is 2. The van der Waals surface area contributed by atoms with Gasteiger partial charge in [0.15, 0.2) is 0 Å². The molecule has 3 rings (SSSR count). The van der Waals surface area contributed by atoms with Gasteiger partial charge in [-0.2, -0.15) is 0 Å². The Balaban J connectivity index is 1.79. The molecular formula is C18H21N. The van der Waals surface area contributed by atoms with Crippen LogP contribution in [-0.4, -0.2) is 11.4 Å². The van der Waals surface area contributed by atoms with Crippen LogP contribution in [-0.2, 0) is 6.54 Å². The number of hydrogen-bond acceptors (Lipinski definition) is 1. The second-order valence-electron chi connectivity index (χ2n) is 5.47. The molecule has 1 fully saturated rings. The lowest BCUT2D eigenvalue weighted by Crippen LogP contribution is -2.23. The summed E-state index contributed by atoms with van der Waals surface area (Å²) in [5.41, 5.74) is 4.33. The van der Waals surface area contributed by atoms with Crippen LogP contribution >= 0.6 is 0 Å². The van der Waals surface area contributed by atoms with E-state index in [0.29, 0.717) is 6.04 Å². The molecule has 1 saturated heterocycles. The van der Waals surface area contributed by atoms with Gasteiger partial charge in [-0.3, -0.25) is 4.90 Å². The molecule has 0 radical (unpaired) electrons. The first kappa shape index (κ1) is 12.4. The van der Waals surface area contributed by atoms with E-state index in [0.717, 1.165) is 6.54 Å². The van der Waals surface area contributed by atoms with Crippen molar-refractivity contribution in [3.05, 3.63) is 71.3 Å². The molecular weight excluding hydrogens is 230 g/mol. The SMILES string of the molecule is Cc1ccccc1CN1CCCC1c1ccccc1. The molecule has 1 unspecified atom stereocenters. The molecule has 1 nitrogen and oxygen atoms in total. The van der Waals surface area contributed by atoms with E-state index >= 15 is 0 Å². The van der Waals surface area contributed by atoms with E-state index in [-0.39, 0.29) is 0 Å². The van der Waals surface area contributed by atoms with Crippen molar-refractivity contribution in [3.8, 4) is 0 Å². The fourth-order valence-corrected chi connectivity index (χ4v) is 3.07. The number of hydrogen-bond donors (Lipinski definition) is 0. The van der Waals surface area contributed by atoms with Gasteiger partial charge < -0.3 is 0 Å². The van der Waals surface area contributed by atoms with E-state index in [1.807, 2.05) is 0 Å². The largest absolute Gasteiger partial charge is 0.292 e. The second kappa shape index (κ2) is 5.58. The Morgan fingerprint density at radius 1 is 1.00 bits per heavy atom. The van der Waals surface area contributed by atoms with Crippen molar-refractivity contribution in [1.82, 2.24) is 4.90 Å². The van der Waals surface area contributed by atoms with E-state index in [9.17, 15) is 0 Å². The predicted molar refractivity (Wildman–Crippen MR) is 80.0 cm³/mol. The minimum absolute atomic E-state index is 0.598. The highest BCUT2D eigenvalue weighted by Crippen LogP contribution is 2.33. The highest BCUT2D eigenvalue weighted by molar-refractivity contribution is 5.26. The summed E-state index contributed by atoms with van der Waals surface area (Å²) in [6.45, 7) is 4.50. The van der Waals surface area contributed by atoms with Crippen LogP contribution in [0.1, 0.15) is 35.6 Å². The first-order chi connectivity index (χ1) is 9.34. The third-order valence-corrected chi connectivity index (χ3v) is 4.18. The minimum atomic E-state index is 0.598. The zero-order chi connectivity index (χ0) is 13.1. The molecule has 1 atom stereocenters. The summed E-state index contributed by atoms with van der Waals surface area (Å²) >= 11 is 0. The van der Waals surface area contributed by atoms with Crippen LogP contribution in [0, 0.1) is 6.92 Å². The fraction of sp³-hybridized carbons (Fsp3) is 0.333. The maximum Gasteiger partial charge on any atom is 0.0352 e. The average Bonchev–Trinajstić information content (AvgIpc) is 2.91. The lowest BCUT2D eigenvalue weighted by Gasteiger charge is -2.25. The molecule has 98 valence electrons. The molecule has 0 saturated carbocycles. The quantitative estimate of drug-likeness (QED) is 0.784. The van der Waals surface area contributed by atoms with E-state index in [1.54, 1.807) is 0 Å². The molecule has 1 aliphatic rings. The Morgan fingerprint density at radius 3 is 2.53 bits per heavy atom. The normalized spacial score (nSPS) is 19.7. The van der Waals surface area contributed by atoms with Gasteiger partial charge in [0.25, 0.3) is 0 Å². The van der Waals surface area contributed by atoms with Crippen LogP contribution in [0.15, 0.2) is 54.6 Å². The van der Waals surface area contributed by atoms with Gasteiger partial charge in [-0.05, 0) is 43.0 Å².